The summed E-state index contributed by atoms with van der Waals surface area (Å²) in [5.41, 5.74) is 0.831. The van der Waals surface area contributed by atoms with E-state index in [0.29, 0.717) is 18.5 Å². The van der Waals surface area contributed by atoms with Crippen molar-refractivity contribution in [1.82, 2.24) is 5.32 Å². The summed E-state index contributed by atoms with van der Waals surface area (Å²) < 4.78 is 23.4. The van der Waals surface area contributed by atoms with Crippen molar-refractivity contribution in [2.45, 2.75) is 17.7 Å². The predicted octanol–water partition coefficient (Wildman–Crippen LogP) is 2.24. The van der Waals surface area contributed by atoms with E-state index >= 15 is 0 Å². The smallest absolute Gasteiger partial charge is 0.251 e. The second kappa shape index (κ2) is 8.43. The van der Waals surface area contributed by atoms with Gasteiger partial charge in [-0.2, -0.15) is 0 Å². The van der Waals surface area contributed by atoms with Crippen molar-refractivity contribution in [2.24, 2.45) is 0 Å². The van der Waals surface area contributed by atoms with E-state index in [-0.39, 0.29) is 28.8 Å². The van der Waals surface area contributed by atoms with Gasteiger partial charge in [0.1, 0.15) is 0 Å². The van der Waals surface area contributed by atoms with Crippen molar-refractivity contribution in [3.63, 3.8) is 0 Å². The molecule has 0 heterocycles. The second-order valence-electron chi connectivity index (χ2n) is 5.54. The number of hydrogen-bond donors (Lipinski definition) is 2. The van der Waals surface area contributed by atoms with Gasteiger partial charge in [-0.15, -0.1) is 0 Å². The second-order valence-corrected chi connectivity index (χ2v) is 7.53. The molecule has 0 unspecified atom stereocenters. The van der Waals surface area contributed by atoms with Crippen LogP contribution in [0.4, 0.5) is 5.69 Å². The van der Waals surface area contributed by atoms with Crippen LogP contribution in [-0.4, -0.2) is 33.0 Å². The van der Waals surface area contributed by atoms with Gasteiger partial charge in [0.15, 0.2) is 9.84 Å². The highest BCUT2D eigenvalue weighted by Gasteiger charge is 2.14. The molecule has 2 aromatic rings. The highest BCUT2D eigenvalue weighted by atomic mass is 32.2. The Bertz CT molecular complexity index is 848. The highest BCUT2D eigenvalue weighted by molar-refractivity contribution is 7.90. The normalized spacial score (nSPS) is 10.9. The molecule has 0 bridgehead atoms. The highest BCUT2D eigenvalue weighted by Crippen LogP contribution is 2.20. The quantitative estimate of drug-likeness (QED) is 0.741. The van der Waals surface area contributed by atoms with Crippen molar-refractivity contribution < 1.29 is 18.0 Å². The summed E-state index contributed by atoms with van der Waals surface area (Å²) in [5.74, 6) is -0.492. The van der Waals surface area contributed by atoms with E-state index < -0.39 is 9.84 Å². The molecule has 2 rings (SSSR count). The number of hydrogen-bond acceptors (Lipinski definition) is 4. The summed E-state index contributed by atoms with van der Waals surface area (Å²) in [6.45, 7) is 0.356. The zero-order valence-corrected chi connectivity index (χ0v) is 14.7. The summed E-state index contributed by atoms with van der Waals surface area (Å²) in [6.07, 6.45) is 1.72. The molecule has 0 aliphatic heterocycles. The van der Waals surface area contributed by atoms with Crippen LogP contribution in [0.25, 0.3) is 0 Å². The molecule has 7 heteroatoms. The molecule has 0 aromatic heterocycles. The van der Waals surface area contributed by atoms with E-state index in [1.165, 1.54) is 6.07 Å². The molecule has 0 atom stereocenters. The van der Waals surface area contributed by atoms with Gasteiger partial charge < -0.3 is 10.6 Å². The van der Waals surface area contributed by atoms with Crippen molar-refractivity contribution in [3.05, 3.63) is 60.2 Å². The van der Waals surface area contributed by atoms with Gasteiger partial charge in [-0.25, -0.2) is 8.42 Å². The number of carbonyl (C=O) groups is 2. The summed E-state index contributed by atoms with van der Waals surface area (Å²) in [6, 6.07) is 15.1. The minimum atomic E-state index is -3.42. The first-order chi connectivity index (χ1) is 11.9. The third kappa shape index (κ3) is 5.72. The molecule has 0 fully saturated rings. The largest absolute Gasteiger partial charge is 0.352 e. The third-order valence-corrected chi connectivity index (χ3v) is 4.62. The third-order valence-electron chi connectivity index (χ3n) is 3.46. The number of benzene rings is 2. The molecule has 6 nitrogen and oxygen atoms in total. The maximum Gasteiger partial charge on any atom is 0.251 e. The van der Waals surface area contributed by atoms with E-state index in [1.807, 2.05) is 6.07 Å². The van der Waals surface area contributed by atoms with Gasteiger partial charge in [-0.05, 0) is 30.7 Å². The Hall–Kier alpha value is -2.67. The van der Waals surface area contributed by atoms with E-state index in [2.05, 4.69) is 10.6 Å². The molecule has 2 N–H and O–H groups in total. The number of rotatable bonds is 7. The minimum Gasteiger partial charge on any atom is -0.352 e. The Morgan fingerprint density at radius 2 is 1.60 bits per heavy atom. The lowest BCUT2D eigenvalue weighted by atomic mass is 10.2. The number of para-hydroxylation sites is 1. The molecule has 0 spiro atoms. The lowest BCUT2D eigenvalue weighted by molar-refractivity contribution is -0.116. The van der Waals surface area contributed by atoms with Crippen LogP contribution in [-0.2, 0) is 14.6 Å². The van der Waals surface area contributed by atoms with Crippen LogP contribution in [0.3, 0.4) is 0 Å². The molecule has 25 heavy (non-hydrogen) atoms. The summed E-state index contributed by atoms with van der Waals surface area (Å²) in [4.78, 5) is 23.9. The van der Waals surface area contributed by atoms with Gasteiger partial charge in [0.2, 0.25) is 5.91 Å². The Morgan fingerprint density at radius 3 is 2.28 bits per heavy atom. The standard InChI is InChI=1S/C18H20N2O4S/c1-25(23,24)16-11-6-5-10-15(16)20-17(21)12-7-13-19-18(22)14-8-3-2-4-9-14/h2-6,8-11H,7,12-13H2,1H3,(H,19,22)(H,20,21). The van der Waals surface area contributed by atoms with Gasteiger partial charge >= 0.3 is 0 Å². The zero-order chi connectivity index (χ0) is 18.3. The zero-order valence-electron chi connectivity index (χ0n) is 13.9. The molecular weight excluding hydrogens is 340 g/mol. The molecule has 2 aromatic carbocycles. The van der Waals surface area contributed by atoms with Crippen molar-refractivity contribution in [3.8, 4) is 0 Å². The average molecular weight is 360 g/mol. The van der Waals surface area contributed by atoms with Crippen LogP contribution in [0.1, 0.15) is 23.2 Å². The Labute approximate surface area is 147 Å². The first-order valence-corrected chi connectivity index (χ1v) is 9.69. The van der Waals surface area contributed by atoms with Crippen molar-refractivity contribution >= 4 is 27.3 Å². The van der Waals surface area contributed by atoms with Crippen molar-refractivity contribution in [2.75, 3.05) is 18.1 Å². The number of anilines is 1. The first-order valence-electron chi connectivity index (χ1n) is 7.80. The molecule has 0 saturated carbocycles. The summed E-state index contributed by atoms with van der Waals surface area (Å²) in [7, 11) is -3.42. The molecule has 0 aliphatic rings. The van der Waals surface area contributed by atoms with Gasteiger partial charge in [0.25, 0.3) is 5.91 Å². The summed E-state index contributed by atoms with van der Waals surface area (Å²) >= 11 is 0. The number of carbonyl (C=O) groups excluding carboxylic acids is 2. The van der Waals surface area contributed by atoms with E-state index in [1.54, 1.807) is 42.5 Å². The van der Waals surface area contributed by atoms with Gasteiger partial charge in [-0.1, -0.05) is 30.3 Å². The van der Waals surface area contributed by atoms with Crippen LogP contribution < -0.4 is 10.6 Å². The van der Waals surface area contributed by atoms with Crippen LogP contribution >= 0.6 is 0 Å². The van der Waals surface area contributed by atoms with Gasteiger partial charge in [0, 0.05) is 24.8 Å². The fraction of sp³-hybridized carbons (Fsp3) is 0.222. The minimum absolute atomic E-state index is 0.0840. The summed E-state index contributed by atoms with van der Waals surface area (Å²) in [5, 5.41) is 5.35. The number of sulfone groups is 1. The molecule has 0 radical (unpaired) electrons. The number of amides is 2. The molecule has 0 aliphatic carbocycles. The first kappa shape index (κ1) is 18.7. The number of nitrogens with one attached hydrogen (secondary N) is 2. The Kier molecular flexibility index (Phi) is 6.30. The van der Waals surface area contributed by atoms with Crippen LogP contribution in [0.5, 0.6) is 0 Å². The SMILES string of the molecule is CS(=O)(=O)c1ccccc1NC(=O)CCCNC(=O)c1ccccc1. The van der Waals surface area contributed by atoms with E-state index in [9.17, 15) is 18.0 Å². The van der Waals surface area contributed by atoms with Gasteiger partial charge in [0.05, 0.1) is 10.6 Å². The van der Waals surface area contributed by atoms with E-state index in [4.69, 9.17) is 0 Å². The molecule has 132 valence electrons. The Morgan fingerprint density at radius 1 is 0.960 bits per heavy atom. The van der Waals surface area contributed by atoms with Gasteiger partial charge in [-0.3, -0.25) is 9.59 Å². The molecule has 2 amide bonds. The lowest BCUT2D eigenvalue weighted by Gasteiger charge is -2.10. The maximum absolute atomic E-state index is 12.0. The fourth-order valence-electron chi connectivity index (χ4n) is 2.25. The fourth-order valence-corrected chi connectivity index (χ4v) is 3.09. The predicted molar refractivity (Wildman–Crippen MR) is 96.2 cm³/mol. The topological polar surface area (TPSA) is 92.3 Å². The van der Waals surface area contributed by atoms with Crippen LogP contribution in [0.2, 0.25) is 0 Å². The van der Waals surface area contributed by atoms with E-state index in [0.717, 1.165) is 6.26 Å². The maximum atomic E-state index is 12.0. The molecular formula is C18H20N2O4S. The average Bonchev–Trinajstić information content (AvgIpc) is 2.59. The van der Waals surface area contributed by atoms with Crippen LogP contribution in [0.15, 0.2) is 59.5 Å². The molecule has 0 saturated heterocycles. The monoisotopic (exact) mass is 360 g/mol. The Balaban J connectivity index is 1.81. The van der Waals surface area contributed by atoms with Crippen LogP contribution in [0, 0.1) is 0 Å². The van der Waals surface area contributed by atoms with Crippen molar-refractivity contribution in [1.29, 1.82) is 0 Å². The lowest BCUT2D eigenvalue weighted by Crippen LogP contribution is -2.25.